The second kappa shape index (κ2) is 6.55. The molecule has 0 aromatic heterocycles. The summed E-state index contributed by atoms with van der Waals surface area (Å²) in [6.45, 7) is 11.7. The summed E-state index contributed by atoms with van der Waals surface area (Å²) in [6.07, 6.45) is 5.25. The van der Waals surface area contributed by atoms with Gasteiger partial charge in [-0.05, 0) is 50.1 Å². The van der Waals surface area contributed by atoms with Crippen LogP contribution >= 0.6 is 0 Å². The number of nitrogens with zero attached hydrogens (tertiary/aromatic N) is 1. The fourth-order valence-corrected chi connectivity index (χ4v) is 4.00. The van der Waals surface area contributed by atoms with E-state index in [0.29, 0.717) is 11.5 Å². The summed E-state index contributed by atoms with van der Waals surface area (Å²) in [6, 6.07) is 1.40. The van der Waals surface area contributed by atoms with Crippen LogP contribution in [0.25, 0.3) is 0 Å². The van der Waals surface area contributed by atoms with E-state index in [1.807, 2.05) is 7.11 Å². The van der Waals surface area contributed by atoms with Gasteiger partial charge in [0.25, 0.3) is 0 Å². The van der Waals surface area contributed by atoms with Crippen molar-refractivity contribution in [2.24, 2.45) is 11.3 Å². The maximum absolute atomic E-state index is 5.33. The largest absolute Gasteiger partial charge is 0.384 e. The van der Waals surface area contributed by atoms with Crippen LogP contribution in [0, 0.1) is 11.3 Å². The molecule has 1 aliphatic carbocycles. The lowest BCUT2D eigenvalue weighted by atomic mass is 9.86. The second-order valence-corrected chi connectivity index (χ2v) is 7.13. The van der Waals surface area contributed by atoms with Gasteiger partial charge in [0.1, 0.15) is 0 Å². The van der Waals surface area contributed by atoms with E-state index in [1.165, 1.54) is 38.8 Å². The van der Waals surface area contributed by atoms with Crippen molar-refractivity contribution in [3.05, 3.63) is 0 Å². The second-order valence-electron chi connectivity index (χ2n) is 7.13. The van der Waals surface area contributed by atoms with Crippen LogP contribution in [0.15, 0.2) is 0 Å². The van der Waals surface area contributed by atoms with Crippen LogP contribution in [-0.4, -0.2) is 50.3 Å². The number of likely N-dealkylation sites (tertiary alicyclic amines) is 1. The minimum Gasteiger partial charge on any atom is -0.384 e. The Kier molecular flexibility index (Phi) is 5.27. The molecule has 1 heterocycles. The van der Waals surface area contributed by atoms with Gasteiger partial charge >= 0.3 is 0 Å². The van der Waals surface area contributed by atoms with E-state index >= 15 is 0 Å². The maximum Gasteiger partial charge on any atom is 0.0503 e. The zero-order chi connectivity index (χ0) is 13.9. The van der Waals surface area contributed by atoms with Gasteiger partial charge in [0.15, 0.2) is 0 Å². The van der Waals surface area contributed by atoms with Crippen molar-refractivity contribution in [3.8, 4) is 0 Å². The standard InChI is InChI=1S/C16H32N2O/c1-5-9-17-15-14(6-8-16(15,2)3)18-10-7-13(11-18)12-19-4/h13-15,17H,5-12H2,1-4H3. The third-order valence-electron chi connectivity index (χ3n) is 5.11. The Morgan fingerprint density at radius 3 is 2.79 bits per heavy atom. The van der Waals surface area contributed by atoms with Gasteiger partial charge < -0.3 is 10.1 Å². The van der Waals surface area contributed by atoms with Gasteiger partial charge in [0.2, 0.25) is 0 Å². The Morgan fingerprint density at radius 1 is 1.32 bits per heavy atom. The molecular weight excluding hydrogens is 236 g/mol. The van der Waals surface area contributed by atoms with Crippen LogP contribution in [0.4, 0.5) is 0 Å². The molecule has 0 bridgehead atoms. The number of methoxy groups -OCH3 is 1. The highest BCUT2D eigenvalue weighted by molar-refractivity contribution is 5.02. The molecule has 1 N–H and O–H groups in total. The summed E-state index contributed by atoms with van der Waals surface area (Å²) in [5.41, 5.74) is 0.444. The van der Waals surface area contributed by atoms with Crippen LogP contribution < -0.4 is 5.32 Å². The quantitative estimate of drug-likeness (QED) is 0.801. The summed E-state index contributed by atoms with van der Waals surface area (Å²) >= 11 is 0. The predicted molar refractivity (Wildman–Crippen MR) is 80.4 cm³/mol. The Hall–Kier alpha value is -0.120. The van der Waals surface area contributed by atoms with Crippen molar-refractivity contribution >= 4 is 0 Å². The SMILES string of the molecule is CCCNC1C(N2CCC(COC)C2)CCC1(C)C. The predicted octanol–water partition coefficient (Wildman–Crippen LogP) is 2.51. The molecule has 3 nitrogen and oxygen atoms in total. The average molecular weight is 268 g/mol. The minimum absolute atomic E-state index is 0.444. The molecule has 3 heteroatoms. The van der Waals surface area contributed by atoms with Crippen LogP contribution in [0.2, 0.25) is 0 Å². The van der Waals surface area contributed by atoms with E-state index in [9.17, 15) is 0 Å². The first-order valence-corrected chi connectivity index (χ1v) is 8.05. The van der Waals surface area contributed by atoms with Crippen LogP contribution in [-0.2, 0) is 4.74 Å². The fourth-order valence-electron chi connectivity index (χ4n) is 4.00. The van der Waals surface area contributed by atoms with E-state index in [1.54, 1.807) is 0 Å². The Balaban J connectivity index is 1.95. The normalized spacial score (nSPS) is 35.1. The first-order valence-electron chi connectivity index (χ1n) is 8.05. The van der Waals surface area contributed by atoms with E-state index in [0.717, 1.165) is 25.1 Å². The minimum atomic E-state index is 0.444. The Morgan fingerprint density at radius 2 is 2.11 bits per heavy atom. The molecule has 2 rings (SSSR count). The van der Waals surface area contributed by atoms with E-state index in [2.05, 4.69) is 31.0 Å². The van der Waals surface area contributed by atoms with Crippen molar-refractivity contribution in [1.82, 2.24) is 10.2 Å². The molecule has 0 aromatic carbocycles. The highest BCUT2D eigenvalue weighted by Crippen LogP contribution is 2.41. The molecule has 3 atom stereocenters. The number of nitrogens with one attached hydrogen (secondary N) is 1. The van der Waals surface area contributed by atoms with E-state index < -0.39 is 0 Å². The van der Waals surface area contributed by atoms with Crippen molar-refractivity contribution < 1.29 is 4.74 Å². The summed E-state index contributed by atoms with van der Waals surface area (Å²) in [7, 11) is 1.83. The van der Waals surface area contributed by atoms with Gasteiger partial charge in [-0.1, -0.05) is 20.8 Å². The molecule has 112 valence electrons. The molecule has 1 saturated carbocycles. The highest BCUT2D eigenvalue weighted by Gasteiger charge is 2.45. The zero-order valence-electron chi connectivity index (χ0n) is 13.2. The lowest BCUT2D eigenvalue weighted by molar-refractivity contribution is 0.135. The molecule has 1 aliphatic heterocycles. The molecule has 3 unspecified atom stereocenters. The van der Waals surface area contributed by atoms with Gasteiger partial charge in [-0.2, -0.15) is 0 Å². The molecule has 1 saturated heterocycles. The maximum atomic E-state index is 5.33. The number of hydrogen-bond acceptors (Lipinski definition) is 3. The van der Waals surface area contributed by atoms with Gasteiger partial charge in [-0.3, -0.25) is 4.90 Å². The first-order chi connectivity index (χ1) is 9.08. The molecule has 2 aliphatic rings. The number of hydrogen-bond donors (Lipinski definition) is 1. The first kappa shape index (κ1) is 15.3. The Labute approximate surface area is 119 Å². The van der Waals surface area contributed by atoms with Crippen molar-refractivity contribution in [3.63, 3.8) is 0 Å². The highest BCUT2D eigenvalue weighted by atomic mass is 16.5. The summed E-state index contributed by atoms with van der Waals surface area (Å²) in [5.74, 6) is 0.750. The Bertz CT molecular complexity index is 280. The van der Waals surface area contributed by atoms with Crippen molar-refractivity contribution in [2.45, 2.75) is 58.5 Å². The van der Waals surface area contributed by atoms with E-state index in [-0.39, 0.29) is 0 Å². The summed E-state index contributed by atoms with van der Waals surface area (Å²) < 4.78 is 5.33. The number of ether oxygens (including phenoxy) is 1. The number of rotatable bonds is 6. The average Bonchev–Trinajstić information content (AvgIpc) is 2.92. The van der Waals surface area contributed by atoms with Crippen LogP contribution in [0.3, 0.4) is 0 Å². The molecule has 2 fully saturated rings. The lowest BCUT2D eigenvalue weighted by Crippen LogP contribution is -2.51. The van der Waals surface area contributed by atoms with Gasteiger partial charge in [0.05, 0.1) is 6.61 Å². The lowest BCUT2D eigenvalue weighted by Gasteiger charge is -2.36. The molecular formula is C16H32N2O. The molecule has 0 spiro atoms. The summed E-state index contributed by atoms with van der Waals surface area (Å²) in [4.78, 5) is 2.73. The topological polar surface area (TPSA) is 24.5 Å². The zero-order valence-corrected chi connectivity index (χ0v) is 13.2. The van der Waals surface area contributed by atoms with Gasteiger partial charge in [-0.25, -0.2) is 0 Å². The third kappa shape index (κ3) is 3.50. The van der Waals surface area contributed by atoms with Crippen molar-refractivity contribution in [1.29, 1.82) is 0 Å². The smallest absolute Gasteiger partial charge is 0.0503 e. The van der Waals surface area contributed by atoms with E-state index in [4.69, 9.17) is 4.74 Å². The molecule has 19 heavy (non-hydrogen) atoms. The third-order valence-corrected chi connectivity index (χ3v) is 5.11. The monoisotopic (exact) mass is 268 g/mol. The molecule has 0 radical (unpaired) electrons. The van der Waals surface area contributed by atoms with Crippen LogP contribution in [0.5, 0.6) is 0 Å². The summed E-state index contributed by atoms with van der Waals surface area (Å²) in [5, 5.41) is 3.82. The fraction of sp³-hybridized carbons (Fsp3) is 1.00. The van der Waals surface area contributed by atoms with Gasteiger partial charge in [0, 0.05) is 25.7 Å². The molecule has 0 aromatic rings. The van der Waals surface area contributed by atoms with Crippen molar-refractivity contribution in [2.75, 3.05) is 33.4 Å². The molecule has 0 amide bonds. The van der Waals surface area contributed by atoms with Gasteiger partial charge in [-0.15, -0.1) is 0 Å². The van der Waals surface area contributed by atoms with Crippen LogP contribution in [0.1, 0.15) is 46.5 Å².